The molecule has 0 heterocycles. The molecule has 1 amide bonds. The SMILES string of the molecule is CC(CO)C(C)NC(=O)CCCC(=O)c1ccc(Cl)cc1. The van der Waals surface area contributed by atoms with E-state index in [9.17, 15) is 9.59 Å². The van der Waals surface area contributed by atoms with Gasteiger partial charge in [0.25, 0.3) is 0 Å². The molecule has 21 heavy (non-hydrogen) atoms. The minimum Gasteiger partial charge on any atom is -0.396 e. The van der Waals surface area contributed by atoms with Gasteiger partial charge >= 0.3 is 0 Å². The Kier molecular flexibility index (Phi) is 7.40. The Morgan fingerprint density at radius 3 is 2.38 bits per heavy atom. The van der Waals surface area contributed by atoms with Crippen LogP contribution in [0.2, 0.25) is 5.02 Å². The first kappa shape index (κ1) is 17.7. The van der Waals surface area contributed by atoms with Crippen LogP contribution >= 0.6 is 11.6 Å². The molecule has 0 saturated heterocycles. The molecule has 0 aliphatic heterocycles. The number of hydrogen-bond acceptors (Lipinski definition) is 3. The van der Waals surface area contributed by atoms with Gasteiger partial charge in [0, 0.05) is 36.1 Å². The van der Waals surface area contributed by atoms with Gasteiger partial charge in [-0.05, 0) is 43.5 Å². The van der Waals surface area contributed by atoms with E-state index in [1.807, 2.05) is 13.8 Å². The summed E-state index contributed by atoms with van der Waals surface area (Å²) in [5.41, 5.74) is 0.613. The van der Waals surface area contributed by atoms with E-state index in [-0.39, 0.29) is 30.3 Å². The summed E-state index contributed by atoms with van der Waals surface area (Å²) in [6.07, 6.45) is 1.15. The second-order valence-electron chi connectivity index (χ2n) is 5.30. The summed E-state index contributed by atoms with van der Waals surface area (Å²) in [6.45, 7) is 3.77. The highest BCUT2D eigenvalue weighted by atomic mass is 35.5. The van der Waals surface area contributed by atoms with Gasteiger partial charge in [0.05, 0.1) is 0 Å². The van der Waals surface area contributed by atoms with Crippen LogP contribution in [-0.2, 0) is 4.79 Å². The molecule has 4 nitrogen and oxygen atoms in total. The van der Waals surface area contributed by atoms with E-state index < -0.39 is 0 Å². The zero-order valence-corrected chi connectivity index (χ0v) is 13.2. The monoisotopic (exact) mass is 311 g/mol. The summed E-state index contributed by atoms with van der Waals surface area (Å²) in [7, 11) is 0. The lowest BCUT2D eigenvalue weighted by molar-refractivity contribution is -0.122. The molecule has 0 aliphatic rings. The molecule has 1 rings (SSSR count). The quantitative estimate of drug-likeness (QED) is 0.725. The number of amides is 1. The Balaban J connectivity index is 2.31. The number of aliphatic hydroxyl groups excluding tert-OH is 1. The summed E-state index contributed by atoms with van der Waals surface area (Å²) in [5, 5.41) is 12.4. The smallest absolute Gasteiger partial charge is 0.220 e. The average Bonchev–Trinajstić information content (AvgIpc) is 2.46. The van der Waals surface area contributed by atoms with Crippen LogP contribution in [-0.4, -0.2) is 29.4 Å². The third kappa shape index (κ3) is 6.27. The molecule has 0 bridgehead atoms. The number of ketones is 1. The van der Waals surface area contributed by atoms with Gasteiger partial charge in [-0.25, -0.2) is 0 Å². The van der Waals surface area contributed by atoms with Crippen LogP contribution in [0.5, 0.6) is 0 Å². The lowest BCUT2D eigenvalue weighted by Gasteiger charge is -2.19. The van der Waals surface area contributed by atoms with Gasteiger partial charge in [-0.15, -0.1) is 0 Å². The third-order valence-corrected chi connectivity index (χ3v) is 3.76. The van der Waals surface area contributed by atoms with Crippen LogP contribution in [0.15, 0.2) is 24.3 Å². The minimum absolute atomic E-state index is 0.0104. The molecule has 0 saturated carbocycles. The maximum atomic E-state index is 11.9. The van der Waals surface area contributed by atoms with E-state index in [1.165, 1.54) is 0 Å². The minimum atomic E-state index is -0.0910. The first-order valence-corrected chi connectivity index (χ1v) is 7.50. The highest BCUT2D eigenvalue weighted by molar-refractivity contribution is 6.30. The third-order valence-electron chi connectivity index (χ3n) is 3.50. The molecule has 0 aliphatic carbocycles. The summed E-state index contributed by atoms with van der Waals surface area (Å²) in [6, 6.07) is 6.67. The van der Waals surface area contributed by atoms with E-state index in [1.54, 1.807) is 24.3 Å². The Morgan fingerprint density at radius 1 is 1.19 bits per heavy atom. The van der Waals surface area contributed by atoms with Gasteiger partial charge in [-0.2, -0.15) is 0 Å². The number of halogens is 1. The number of rotatable bonds is 8. The van der Waals surface area contributed by atoms with Crippen LogP contribution < -0.4 is 5.32 Å². The van der Waals surface area contributed by atoms with Crippen molar-refractivity contribution in [2.24, 2.45) is 5.92 Å². The molecule has 0 fully saturated rings. The Hall–Kier alpha value is -1.39. The first-order chi connectivity index (χ1) is 9.93. The van der Waals surface area contributed by atoms with E-state index >= 15 is 0 Å². The van der Waals surface area contributed by atoms with Gasteiger partial charge in [0.1, 0.15) is 0 Å². The van der Waals surface area contributed by atoms with Crippen molar-refractivity contribution in [2.75, 3.05) is 6.61 Å². The van der Waals surface area contributed by atoms with Crippen LogP contribution in [0.3, 0.4) is 0 Å². The fourth-order valence-electron chi connectivity index (χ4n) is 1.82. The van der Waals surface area contributed by atoms with Crippen molar-refractivity contribution in [1.82, 2.24) is 5.32 Å². The predicted molar refractivity (Wildman–Crippen MR) is 83.5 cm³/mol. The van der Waals surface area contributed by atoms with E-state index in [0.717, 1.165) is 0 Å². The molecule has 2 N–H and O–H groups in total. The Morgan fingerprint density at radius 2 is 1.81 bits per heavy atom. The van der Waals surface area contributed by atoms with Crippen molar-refractivity contribution in [3.63, 3.8) is 0 Å². The second-order valence-corrected chi connectivity index (χ2v) is 5.74. The summed E-state index contributed by atoms with van der Waals surface area (Å²) < 4.78 is 0. The van der Waals surface area contributed by atoms with Crippen molar-refractivity contribution >= 4 is 23.3 Å². The second kappa shape index (κ2) is 8.80. The van der Waals surface area contributed by atoms with Gasteiger partial charge in [-0.3, -0.25) is 9.59 Å². The van der Waals surface area contributed by atoms with Gasteiger partial charge in [0.15, 0.2) is 5.78 Å². The first-order valence-electron chi connectivity index (χ1n) is 7.13. The molecule has 0 aromatic heterocycles. The lowest BCUT2D eigenvalue weighted by atomic mass is 10.0. The predicted octanol–water partition coefficient (Wildman–Crippen LogP) is 2.83. The molecule has 1 aromatic carbocycles. The summed E-state index contributed by atoms with van der Waals surface area (Å²) in [5.74, 6) is -0.0624. The molecule has 116 valence electrons. The number of nitrogens with one attached hydrogen (secondary N) is 1. The molecule has 1 aromatic rings. The number of benzene rings is 1. The molecule has 2 atom stereocenters. The van der Waals surface area contributed by atoms with Crippen LogP contribution in [0.25, 0.3) is 0 Å². The molecule has 0 spiro atoms. The molecular formula is C16H22ClNO3. The van der Waals surface area contributed by atoms with Crippen molar-refractivity contribution in [3.05, 3.63) is 34.9 Å². The van der Waals surface area contributed by atoms with E-state index in [0.29, 0.717) is 29.8 Å². The number of carbonyl (C=O) groups is 2. The highest BCUT2D eigenvalue weighted by Crippen LogP contribution is 2.12. The van der Waals surface area contributed by atoms with E-state index in [2.05, 4.69) is 5.32 Å². The van der Waals surface area contributed by atoms with E-state index in [4.69, 9.17) is 16.7 Å². The highest BCUT2D eigenvalue weighted by Gasteiger charge is 2.14. The number of Topliss-reactive ketones (excluding diaryl/α,β-unsaturated/α-hetero) is 1. The lowest BCUT2D eigenvalue weighted by Crippen LogP contribution is -2.38. The molecule has 0 radical (unpaired) electrons. The fraction of sp³-hybridized carbons (Fsp3) is 0.500. The van der Waals surface area contributed by atoms with Crippen molar-refractivity contribution < 1.29 is 14.7 Å². The maximum absolute atomic E-state index is 11.9. The van der Waals surface area contributed by atoms with Crippen LogP contribution in [0, 0.1) is 5.92 Å². The normalized spacial score (nSPS) is 13.5. The summed E-state index contributed by atoms with van der Waals surface area (Å²) in [4.78, 5) is 23.6. The van der Waals surface area contributed by atoms with Gasteiger partial charge in [-0.1, -0.05) is 18.5 Å². The molecule has 2 unspecified atom stereocenters. The number of carbonyl (C=O) groups excluding carboxylic acids is 2. The van der Waals surface area contributed by atoms with Crippen molar-refractivity contribution in [2.45, 2.75) is 39.2 Å². The standard InChI is InChI=1S/C16H22ClNO3/c1-11(10-19)12(2)18-16(21)5-3-4-15(20)13-6-8-14(17)9-7-13/h6-9,11-12,19H,3-5,10H2,1-2H3,(H,18,21). The zero-order chi connectivity index (χ0) is 15.8. The largest absolute Gasteiger partial charge is 0.396 e. The zero-order valence-electron chi connectivity index (χ0n) is 12.4. The van der Waals surface area contributed by atoms with Crippen LogP contribution in [0.1, 0.15) is 43.5 Å². The summed E-state index contributed by atoms with van der Waals surface area (Å²) >= 11 is 5.77. The maximum Gasteiger partial charge on any atom is 0.220 e. The Labute approximate surface area is 130 Å². The van der Waals surface area contributed by atoms with Gasteiger partial charge in [0.2, 0.25) is 5.91 Å². The number of hydrogen-bond donors (Lipinski definition) is 2. The fourth-order valence-corrected chi connectivity index (χ4v) is 1.94. The van der Waals surface area contributed by atoms with Crippen LogP contribution in [0.4, 0.5) is 0 Å². The van der Waals surface area contributed by atoms with Crippen molar-refractivity contribution in [1.29, 1.82) is 0 Å². The van der Waals surface area contributed by atoms with Crippen molar-refractivity contribution in [3.8, 4) is 0 Å². The molecule has 5 heteroatoms. The topological polar surface area (TPSA) is 66.4 Å². The van der Waals surface area contributed by atoms with Gasteiger partial charge < -0.3 is 10.4 Å². The Bertz CT molecular complexity index is 473. The average molecular weight is 312 g/mol. The number of aliphatic hydroxyl groups is 1. The molecular weight excluding hydrogens is 290 g/mol.